The molecule has 0 heterocycles. The Bertz CT molecular complexity index is 603. The van der Waals surface area contributed by atoms with E-state index in [1.165, 1.54) is 19.3 Å². The highest BCUT2D eigenvalue weighted by Crippen LogP contribution is 2.44. The Hall–Kier alpha value is -1.55. The van der Waals surface area contributed by atoms with E-state index >= 15 is 0 Å². The van der Waals surface area contributed by atoms with Crippen molar-refractivity contribution < 1.29 is 14.3 Å². The molecule has 0 radical (unpaired) electrons. The number of carbonyl (C=O) groups excluding carboxylic acids is 1. The maximum Gasteiger partial charge on any atom is 0.407 e. The largest absolute Gasteiger partial charge is 0.443 e. The fourth-order valence-electron chi connectivity index (χ4n) is 4.81. The van der Waals surface area contributed by atoms with Crippen LogP contribution in [0.1, 0.15) is 69.1 Å². The third-order valence-electron chi connectivity index (χ3n) is 6.23. The number of rotatable bonds is 8. The van der Waals surface area contributed by atoms with Gasteiger partial charge >= 0.3 is 6.09 Å². The average Bonchev–Trinajstić information content (AvgIpc) is 3.24. The van der Waals surface area contributed by atoms with Gasteiger partial charge in [-0.3, -0.25) is 0 Å². The van der Waals surface area contributed by atoms with Crippen molar-refractivity contribution in [3.8, 4) is 0 Å². The number of unbranched alkanes of at least 4 members (excludes halogenated alkanes) is 1. The van der Waals surface area contributed by atoms with Gasteiger partial charge in [-0.2, -0.15) is 0 Å². The molecule has 5 atom stereocenters. The Morgan fingerprint density at radius 2 is 2.08 bits per heavy atom. The number of amides is 1. The van der Waals surface area contributed by atoms with Crippen LogP contribution in [0, 0.1) is 18.8 Å². The molecule has 0 spiro atoms. The second-order valence-corrected chi connectivity index (χ2v) is 8.02. The Kier molecular flexibility index (Phi) is 6.58. The number of hydrogen-bond acceptors (Lipinski definition) is 3. The van der Waals surface area contributed by atoms with E-state index in [4.69, 9.17) is 9.47 Å². The molecule has 2 bridgehead atoms. The maximum atomic E-state index is 12.6. The van der Waals surface area contributed by atoms with Gasteiger partial charge in [-0.05, 0) is 62.0 Å². The van der Waals surface area contributed by atoms with Crippen LogP contribution in [-0.2, 0) is 9.47 Å². The van der Waals surface area contributed by atoms with E-state index in [0.29, 0.717) is 12.0 Å². The average molecular weight is 360 g/mol. The standard InChI is InChI=1S/C22H33NO3/c1-4-5-10-20(21(25-3)18-9-7-6-8-15(18)2)26-22(24)23-19-14-16-11-12-17(19)13-16/h6-9,16-17,19-21H,4-5,10-14H2,1-3H3,(H,23,24). The summed E-state index contributed by atoms with van der Waals surface area (Å²) in [7, 11) is 1.70. The van der Waals surface area contributed by atoms with Gasteiger partial charge in [-0.1, -0.05) is 44.0 Å². The Balaban J connectivity index is 1.66. The summed E-state index contributed by atoms with van der Waals surface area (Å²) in [6, 6.07) is 8.48. The topological polar surface area (TPSA) is 47.6 Å². The van der Waals surface area contributed by atoms with Crippen LogP contribution in [0.3, 0.4) is 0 Å². The van der Waals surface area contributed by atoms with Crippen LogP contribution < -0.4 is 5.32 Å². The molecule has 3 rings (SSSR count). The molecule has 0 aliphatic heterocycles. The summed E-state index contributed by atoms with van der Waals surface area (Å²) in [5.74, 6) is 1.45. The Morgan fingerprint density at radius 3 is 2.69 bits per heavy atom. The molecule has 2 aliphatic carbocycles. The van der Waals surface area contributed by atoms with Gasteiger partial charge in [0.15, 0.2) is 0 Å². The highest BCUT2D eigenvalue weighted by atomic mass is 16.6. The van der Waals surface area contributed by atoms with Crippen LogP contribution in [0.25, 0.3) is 0 Å². The number of ether oxygens (including phenoxy) is 2. The SMILES string of the molecule is CCCCC(OC(=O)NC1CC2CCC1C2)C(OC)c1ccccc1C. The first-order valence-corrected chi connectivity index (χ1v) is 10.2. The van der Waals surface area contributed by atoms with Gasteiger partial charge in [0.25, 0.3) is 0 Å². The van der Waals surface area contributed by atoms with E-state index in [0.717, 1.165) is 42.7 Å². The van der Waals surface area contributed by atoms with Crippen molar-refractivity contribution in [3.63, 3.8) is 0 Å². The van der Waals surface area contributed by atoms with E-state index < -0.39 is 0 Å². The molecule has 2 aliphatic rings. The van der Waals surface area contributed by atoms with Gasteiger partial charge in [0.2, 0.25) is 0 Å². The smallest absolute Gasteiger partial charge is 0.407 e. The highest BCUT2D eigenvalue weighted by molar-refractivity contribution is 5.68. The number of benzene rings is 1. The summed E-state index contributed by atoms with van der Waals surface area (Å²) in [4.78, 5) is 12.6. The zero-order valence-electron chi connectivity index (χ0n) is 16.4. The molecule has 1 N–H and O–H groups in total. The first kappa shape index (κ1) is 19.2. The molecule has 2 saturated carbocycles. The number of fused-ring (bicyclic) bond motifs is 2. The Morgan fingerprint density at radius 1 is 1.27 bits per heavy atom. The van der Waals surface area contributed by atoms with Crippen molar-refractivity contribution in [3.05, 3.63) is 35.4 Å². The minimum Gasteiger partial charge on any atom is -0.443 e. The molecule has 0 saturated heterocycles. The predicted molar refractivity (Wildman–Crippen MR) is 103 cm³/mol. The van der Waals surface area contributed by atoms with Crippen LogP contribution in [0.5, 0.6) is 0 Å². The van der Waals surface area contributed by atoms with E-state index in [1.807, 2.05) is 12.1 Å². The molecule has 2 fully saturated rings. The summed E-state index contributed by atoms with van der Waals surface area (Å²) < 4.78 is 11.7. The monoisotopic (exact) mass is 359 g/mol. The van der Waals surface area contributed by atoms with Gasteiger partial charge in [-0.25, -0.2) is 4.79 Å². The van der Waals surface area contributed by atoms with E-state index in [1.54, 1.807) is 7.11 Å². The van der Waals surface area contributed by atoms with Gasteiger partial charge in [0, 0.05) is 13.2 Å². The molecule has 1 amide bonds. The lowest BCUT2D eigenvalue weighted by Crippen LogP contribution is -2.41. The summed E-state index contributed by atoms with van der Waals surface area (Å²) >= 11 is 0. The first-order valence-electron chi connectivity index (χ1n) is 10.2. The fourth-order valence-corrected chi connectivity index (χ4v) is 4.81. The van der Waals surface area contributed by atoms with Crippen molar-refractivity contribution >= 4 is 6.09 Å². The third kappa shape index (κ3) is 4.40. The molecule has 0 aromatic heterocycles. The predicted octanol–water partition coefficient (Wildman–Crippen LogP) is 5.16. The molecular formula is C22H33NO3. The molecule has 1 aromatic rings. The molecule has 144 valence electrons. The van der Waals surface area contributed by atoms with Crippen LogP contribution in [0.4, 0.5) is 4.79 Å². The lowest BCUT2D eigenvalue weighted by Gasteiger charge is -2.29. The molecule has 26 heavy (non-hydrogen) atoms. The summed E-state index contributed by atoms with van der Waals surface area (Å²) in [6.45, 7) is 4.23. The fraction of sp³-hybridized carbons (Fsp3) is 0.682. The third-order valence-corrected chi connectivity index (χ3v) is 6.23. The second-order valence-electron chi connectivity index (χ2n) is 8.02. The number of hydrogen-bond donors (Lipinski definition) is 1. The van der Waals surface area contributed by atoms with Crippen LogP contribution >= 0.6 is 0 Å². The van der Waals surface area contributed by atoms with Crippen molar-refractivity contribution in [1.29, 1.82) is 0 Å². The van der Waals surface area contributed by atoms with Gasteiger partial charge in [0.1, 0.15) is 12.2 Å². The zero-order valence-corrected chi connectivity index (χ0v) is 16.4. The van der Waals surface area contributed by atoms with Gasteiger partial charge in [-0.15, -0.1) is 0 Å². The van der Waals surface area contributed by atoms with Gasteiger partial charge < -0.3 is 14.8 Å². The second kappa shape index (κ2) is 8.90. The van der Waals surface area contributed by atoms with E-state index in [2.05, 4.69) is 31.3 Å². The molecular weight excluding hydrogens is 326 g/mol. The van der Waals surface area contributed by atoms with Crippen LogP contribution in [-0.4, -0.2) is 25.3 Å². The molecule has 4 nitrogen and oxygen atoms in total. The zero-order chi connectivity index (χ0) is 18.5. The van der Waals surface area contributed by atoms with Gasteiger partial charge in [0.05, 0.1) is 0 Å². The van der Waals surface area contributed by atoms with Crippen molar-refractivity contribution in [2.24, 2.45) is 11.8 Å². The summed E-state index contributed by atoms with van der Waals surface area (Å²) in [5.41, 5.74) is 2.27. The highest BCUT2D eigenvalue weighted by Gasteiger charge is 2.40. The van der Waals surface area contributed by atoms with Crippen LogP contribution in [0.2, 0.25) is 0 Å². The van der Waals surface area contributed by atoms with Crippen molar-refractivity contribution in [2.45, 2.75) is 77.0 Å². The molecule has 4 heteroatoms. The quantitative estimate of drug-likeness (QED) is 0.698. The number of nitrogens with one attached hydrogen (secondary N) is 1. The number of alkyl carbamates (subject to hydrolysis) is 1. The number of aryl methyl sites for hydroxylation is 1. The van der Waals surface area contributed by atoms with Crippen molar-refractivity contribution in [2.75, 3.05) is 7.11 Å². The lowest BCUT2D eigenvalue weighted by molar-refractivity contribution is -0.0298. The molecule has 5 unspecified atom stereocenters. The van der Waals surface area contributed by atoms with E-state index in [-0.39, 0.29) is 18.3 Å². The number of carbonyl (C=O) groups is 1. The van der Waals surface area contributed by atoms with E-state index in [9.17, 15) is 4.79 Å². The summed E-state index contributed by atoms with van der Waals surface area (Å²) in [6.07, 6.45) is 7.09. The van der Waals surface area contributed by atoms with Crippen LogP contribution in [0.15, 0.2) is 24.3 Å². The maximum absolute atomic E-state index is 12.6. The molecule has 1 aromatic carbocycles. The minimum absolute atomic E-state index is 0.228. The minimum atomic E-state index is -0.278. The summed E-state index contributed by atoms with van der Waals surface area (Å²) in [5, 5.41) is 3.15. The lowest BCUT2D eigenvalue weighted by atomic mass is 9.95. The number of methoxy groups -OCH3 is 1. The Labute approximate surface area is 157 Å². The normalized spacial score (nSPS) is 26.5. The van der Waals surface area contributed by atoms with Crippen molar-refractivity contribution in [1.82, 2.24) is 5.32 Å². The first-order chi connectivity index (χ1) is 12.6.